The zero-order valence-electron chi connectivity index (χ0n) is 22.2. The smallest absolute Gasteiger partial charge is 0.272 e. The van der Waals surface area contributed by atoms with E-state index in [0.717, 1.165) is 25.7 Å². The quantitative estimate of drug-likeness (QED) is 0.318. The molecule has 3 rings (SSSR count). The van der Waals surface area contributed by atoms with Crippen LogP contribution in [0.5, 0.6) is 0 Å². The van der Waals surface area contributed by atoms with Gasteiger partial charge in [-0.05, 0) is 68.5 Å². The van der Waals surface area contributed by atoms with Crippen molar-refractivity contribution in [1.29, 1.82) is 0 Å². The predicted octanol–water partition coefficient (Wildman–Crippen LogP) is 6.64. The Bertz CT molecular complexity index is 635. The van der Waals surface area contributed by atoms with Gasteiger partial charge >= 0.3 is 0 Å². The van der Waals surface area contributed by atoms with Gasteiger partial charge in [-0.1, -0.05) is 34.1 Å². The Kier molecular flexibility index (Phi) is 9.63. The summed E-state index contributed by atoms with van der Waals surface area (Å²) in [7, 11) is -2.38. The molecule has 2 saturated heterocycles. The van der Waals surface area contributed by atoms with E-state index in [-0.39, 0.29) is 41.8 Å². The summed E-state index contributed by atoms with van der Waals surface area (Å²) in [5.41, 5.74) is 0. The fraction of sp³-hybridized carbons (Fsp3) is 1.00. The maximum absolute atomic E-state index is 15.4. The van der Waals surface area contributed by atoms with Crippen LogP contribution in [0.25, 0.3) is 0 Å². The van der Waals surface area contributed by atoms with Crippen LogP contribution >= 0.6 is 0 Å². The van der Waals surface area contributed by atoms with Gasteiger partial charge < -0.3 is 23.7 Å². The lowest BCUT2D eigenvalue weighted by Crippen LogP contribution is -2.49. The van der Waals surface area contributed by atoms with E-state index in [1.165, 1.54) is 0 Å². The maximum atomic E-state index is 15.4. The molecule has 3 aliphatic rings. The maximum Gasteiger partial charge on any atom is 0.272 e. The van der Waals surface area contributed by atoms with Crippen molar-refractivity contribution < 1.29 is 32.5 Å². The van der Waals surface area contributed by atoms with Gasteiger partial charge in [0.05, 0.1) is 12.2 Å². The van der Waals surface area contributed by atoms with Crippen molar-refractivity contribution in [2.45, 2.75) is 147 Å². The number of aliphatic hydroxyl groups excluding tert-OH is 1. The van der Waals surface area contributed by atoms with Gasteiger partial charge in [0.1, 0.15) is 6.10 Å². The van der Waals surface area contributed by atoms with Gasteiger partial charge in [0.25, 0.3) is 5.92 Å². The van der Waals surface area contributed by atoms with Crippen LogP contribution in [0.1, 0.15) is 91.9 Å². The Hall–Kier alpha value is -0.123. The van der Waals surface area contributed by atoms with Gasteiger partial charge in [0, 0.05) is 25.9 Å². The molecule has 2 aliphatic heterocycles. The SMILES string of the molecule is CCCCC(F)(F)[C@@H](CC[C@@H]1[C@H]2C[C@H](O)O[C@H]2C[C@H]1O[C@H]1CCCCO1)O[Si](C)(C)C(C)(C)C. The third-order valence-corrected chi connectivity index (χ3v) is 13.1. The van der Waals surface area contributed by atoms with Crippen molar-refractivity contribution in [3.05, 3.63) is 0 Å². The zero-order valence-corrected chi connectivity index (χ0v) is 23.2. The predicted molar refractivity (Wildman–Crippen MR) is 131 cm³/mol. The minimum atomic E-state index is -2.86. The molecule has 0 radical (unpaired) electrons. The highest BCUT2D eigenvalue weighted by atomic mass is 28.4. The molecule has 0 amide bonds. The third-order valence-electron chi connectivity index (χ3n) is 8.58. The minimum Gasteiger partial charge on any atom is -0.408 e. The normalized spacial score (nSPS) is 33.8. The second-order valence-corrected chi connectivity index (χ2v) is 17.0. The van der Waals surface area contributed by atoms with Crippen LogP contribution in [0, 0.1) is 11.8 Å². The first-order chi connectivity index (χ1) is 15.8. The largest absolute Gasteiger partial charge is 0.408 e. The van der Waals surface area contributed by atoms with Gasteiger partial charge in [-0.2, -0.15) is 0 Å². The van der Waals surface area contributed by atoms with E-state index in [2.05, 4.69) is 33.9 Å². The molecule has 3 fully saturated rings. The number of hydrogen-bond acceptors (Lipinski definition) is 5. The molecule has 0 aromatic carbocycles. The Morgan fingerprint density at radius 1 is 1.15 bits per heavy atom. The third kappa shape index (κ3) is 7.00. The Labute approximate surface area is 206 Å². The second kappa shape index (κ2) is 11.5. The number of aliphatic hydroxyl groups is 1. The first kappa shape index (κ1) is 28.4. The molecule has 0 aromatic heterocycles. The lowest BCUT2D eigenvalue weighted by Gasteiger charge is -2.42. The first-order valence-electron chi connectivity index (χ1n) is 13.5. The van der Waals surface area contributed by atoms with Gasteiger partial charge in [0.15, 0.2) is 20.9 Å². The Morgan fingerprint density at radius 2 is 1.88 bits per heavy atom. The van der Waals surface area contributed by atoms with Crippen LogP contribution < -0.4 is 0 Å². The van der Waals surface area contributed by atoms with E-state index in [4.69, 9.17) is 18.6 Å². The molecule has 5 nitrogen and oxygen atoms in total. The van der Waals surface area contributed by atoms with Crippen molar-refractivity contribution in [2.75, 3.05) is 6.61 Å². The highest BCUT2D eigenvalue weighted by molar-refractivity contribution is 6.74. The summed E-state index contributed by atoms with van der Waals surface area (Å²) in [6.45, 7) is 13.0. The molecular formula is C26H48F2O5Si. The van der Waals surface area contributed by atoms with E-state index in [1.807, 2.05) is 6.92 Å². The lowest BCUT2D eigenvalue weighted by atomic mass is 9.86. The van der Waals surface area contributed by atoms with E-state index >= 15 is 8.78 Å². The molecule has 1 aliphatic carbocycles. The summed E-state index contributed by atoms with van der Waals surface area (Å²) in [5.74, 6) is -2.68. The van der Waals surface area contributed by atoms with Crippen molar-refractivity contribution in [1.82, 2.24) is 0 Å². The van der Waals surface area contributed by atoms with Crippen LogP contribution in [0.4, 0.5) is 8.78 Å². The monoisotopic (exact) mass is 506 g/mol. The van der Waals surface area contributed by atoms with Crippen LogP contribution in [0.2, 0.25) is 18.1 Å². The Morgan fingerprint density at radius 3 is 2.50 bits per heavy atom. The number of hydrogen-bond donors (Lipinski definition) is 1. The van der Waals surface area contributed by atoms with E-state index < -0.39 is 26.6 Å². The molecule has 2 heterocycles. The van der Waals surface area contributed by atoms with Crippen LogP contribution in [-0.2, 0) is 18.6 Å². The topological polar surface area (TPSA) is 57.2 Å². The Balaban J connectivity index is 1.74. The average Bonchev–Trinajstić information content (AvgIpc) is 3.25. The van der Waals surface area contributed by atoms with Crippen LogP contribution in [-0.4, -0.2) is 56.8 Å². The summed E-state index contributed by atoms with van der Waals surface area (Å²) in [6.07, 6.45) is 3.92. The molecule has 34 heavy (non-hydrogen) atoms. The summed E-state index contributed by atoms with van der Waals surface area (Å²) in [6, 6.07) is 0. The molecule has 0 spiro atoms. The van der Waals surface area contributed by atoms with Crippen molar-refractivity contribution in [3.63, 3.8) is 0 Å². The van der Waals surface area contributed by atoms with E-state index in [0.29, 0.717) is 38.7 Å². The average molecular weight is 507 g/mol. The fourth-order valence-corrected chi connectivity index (χ4v) is 6.83. The second-order valence-electron chi connectivity index (χ2n) is 12.2. The van der Waals surface area contributed by atoms with Crippen LogP contribution in [0.3, 0.4) is 0 Å². The molecule has 1 N–H and O–H groups in total. The molecular weight excluding hydrogens is 458 g/mol. The van der Waals surface area contributed by atoms with E-state index in [1.54, 1.807) is 0 Å². The highest BCUT2D eigenvalue weighted by Gasteiger charge is 2.52. The fourth-order valence-electron chi connectivity index (χ4n) is 5.48. The zero-order chi connectivity index (χ0) is 25.1. The van der Waals surface area contributed by atoms with Crippen molar-refractivity contribution in [3.8, 4) is 0 Å². The summed E-state index contributed by atoms with van der Waals surface area (Å²) in [4.78, 5) is 0. The minimum absolute atomic E-state index is 0.0557. The molecule has 8 heteroatoms. The highest BCUT2D eigenvalue weighted by Crippen LogP contribution is 2.48. The van der Waals surface area contributed by atoms with Crippen molar-refractivity contribution >= 4 is 8.32 Å². The number of unbranched alkanes of at least 4 members (excludes halogenated alkanes) is 1. The number of halogens is 2. The number of alkyl halides is 2. The van der Waals surface area contributed by atoms with Gasteiger partial charge in [-0.15, -0.1) is 0 Å². The molecule has 7 atom stereocenters. The molecule has 0 unspecified atom stereocenters. The summed E-state index contributed by atoms with van der Waals surface area (Å²) >= 11 is 0. The molecule has 0 bridgehead atoms. The summed E-state index contributed by atoms with van der Waals surface area (Å²) < 4.78 is 55.2. The molecule has 1 saturated carbocycles. The lowest BCUT2D eigenvalue weighted by molar-refractivity contribution is -0.200. The summed E-state index contributed by atoms with van der Waals surface area (Å²) in [5, 5.41) is 9.94. The number of fused-ring (bicyclic) bond motifs is 1. The van der Waals surface area contributed by atoms with Crippen molar-refractivity contribution in [2.24, 2.45) is 11.8 Å². The molecule has 200 valence electrons. The number of rotatable bonds is 11. The van der Waals surface area contributed by atoms with Gasteiger partial charge in [-0.25, -0.2) is 8.78 Å². The van der Waals surface area contributed by atoms with Gasteiger partial charge in [0.2, 0.25) is 0 Å². The van der Waals surface area contributed by atoms with E-state index in [9.17, 15) is 5.11 Å². The number of ether oxygens (including phenoxy) is 3. The standard InChI is InChI=1S/C26H48F2O5Si/c1-7-8-14-26(27,28)22(33-34(5,6)25(2,3)4)13-12-18-19-16-23(29)31-21(19)17-20(18)32-24-11-9-10-15-30-24/h18-24,29H,7-17H2,1-6H3/t18-,19-,20-,21+,22-,23-,24+/m1/s1. The van der Waals surface area contributed by atoms with Gasteiger partial charge in [-0.3, -0.25) is 0 Å². The molecule has 0 aromatic rings. The first-order valence-corrected chi connectivity index (χ1v) is 16.4. The van der Waals surface area contributed by atoms with Crippen LogP contribution in [0.15, 0.2) is 0 Å².